The van der Waals surface area contributed by atoms with Crippen LogP contribution in [0, 0.1) is 5.92 Å². The number of amides is 1. The first-order valence-corrected chi connectivity index (χ1v) is 8.14. The van der Waals surface area contributed by atoms with Gasteiger partial charge in [0.1, 0.15) is 0 Å². The minimum Gasteiger partial charge on any atom is -0.376 e. The van der Waals surface area contributed by atoms with E-state index in [-0.39, 0.29) is 5.91 Å². The van der Waals surface area contributed by atoms with Gasteiger partial charge in [-0.05, 0) is 36.5 Å². The van der Waals surface area contributed by atoms with Crippen molar-refractivity contribution in [2.45, 2.75) is 19.4 Å². The fourth-order valence-corrected chi connectivity index (χ4v) is 2.98. The lowest BCUT2D eigenvalue weighted by atomic mass is 9.98. The number of hydrogen-bond donors (Lipinski definition) is 0. The Kier molecular flexibility index (Phi) is 5.37. The minimum atomic E-state index is 0.0749. The lowest BCUT2D eigenvalue weighted by Gasteiger charge is -2.32. The van der Waals surface area contributed by atoms with E-state index in [2.05, 4.69) is 17.1 Å². The molecule has 0 N–H and O–H groups in total. The number of likely N-dealkylation sites (tertiary alicyclic amines) is 1. The number of ether oxygens (including phenoxy) is 1. The average Bonchev–Trinajstić information content (AvgIpc) is 2.63. The lowest BCUT2D eigenvalue weighted by Crippen LogP contribution is -2.41. The van der Waals surface area contributed by atoms with Crippen molar-refractivity contribution in [1.82, 2.24) is 9.88 Å². The minimum absolute atomic E-state index is 0.0749. The van der Waals surface area contributed by atoms with Crippen molar-refractivity contribution < 1.29 is 9.53 Å². The molecular formula is C19H22N2O2. The van der Waals surface area contributed by atoms with Crippen molar-refractivity contribution in [2.24, 2.45) is 5.92 Å². The molecule has 2 heterocycles. The van der Waals surface area contributed by atoms with E-state index < -0.39 is 0 Å². The van der Waals surface area contributed by atoms with E-state index in [4.69, 9.17) is 4.74 Å². The second-order valence-corrected chi connectivity index (χ2v) is 6.00. The summed E-state index contributed by atoms with van der Waals surface area (Å²) in [5.74, 6) is 0.485. The van der Waals surface area contributed by atoms with Gasteiger partial charge in [0, 0.05) is 25.5 Å². The second-order valence-electron chi connectivity index (χ2n) is 6.00. The van der Waals surface area contributed by atoms with Gasteiger partial charge < -0.3 is 9.64 Å². The number of carbonyl (C=O) groups excluding carboxylic acids is 1. The van der Waals surface area contributed by atoms with E-state index in [0.29, 0.717) is 24.7 Å². The molecule has 120 valence electrons. The Morgan fingerprint density at radius 2 is 2.09 bits per heavy atom. The molecule has 1 aliphatic heterocycles. The highest BCUT2D eigenvalue weighted by molar-refractivity contribution is 5.93. The molecule has 4 nitrogen and oxygen atoms in total. The number of hydrogen-bond acceptors (Lipinski definition) is 3. The summed E-state index contributed by atoms with van der Waals surface area (Å²) >= 11 is 0. The molecule has 0 aliphatic carbocycles. The Hall–Kier alpha value is -2.20. The van der Waals surface area contributed by atoms with Gasteiger partial charge in [0.2, 0.25) is 0 Å². The van der Waals surface area contributed by atoms with Crippen molar-refractivity contribution in [3.63, 3.8) is 0 Å². The molecule has 0 bridgehead atoms. The van der Waals surface area contributed by atoms with Crippen LogP contribution in [0.15, 0.2) is 54.9 Å². The van der Waals surface area contributed by atoms with Gasteiger partial charge in [-0.25, -0.2) is 0 Å². The summed E-state index contributed by atoms with van der Waals surface area (Å²) in [6.07, 6.45) is 5.47. The number of piperidine rings is 1. The molecule has 0 radical (unpaired) electrons. The zero-order valence-electron chi connectivity index (χ0n) is 13.2. The summed E-state index contributed by atoms with van der Waals surface area (Å²) in [6, 6.07) is 13.8. The third kappa shape index (κ3) is 4.39. The van der Waals surface area contributed by atoms with Crippen molar-refractivity contribution in [2.75, 3.05) is 19.7 Å². The Balaban J connectivity index is 1.49. The molecule has 23 heavy (non-hydrogen) atoms. The molecule has 4 heteroatoms. The van der Waals surface area contributed by atoms with Crippen LogP contribution in [-0.4, -0.2) is 35.5 Å². The topological polar surface area (TPSA) is 42.4 Å². The molecule has 1 aliphatic rings. The number of pyridine rings is 1. The molecule has 1 fully saturated rings. The molecule has 3 rings (SSSR count). The molecule has 0 spiro atoms. The third-order valence-electron chi connectivity index (χ3n) is 4.18. The van der Waals surface area contributed by atoms with Crippen LogP contribution in [0.2, 0.25) is 0 Å². The Labute approximate surface area is 137 Å². The Morgan fingerprint density at radius 1 is 1.22 bits per heavy atom. The van der Waals surface area contributed by atoms with E-state index >= 15 is 0 Å². The molecule has 0 saturated carbocycles. The maximum absolute atomic E-state index is 12.5. The SMILES string of the molecule is O=C(c1cccnc1)N1CCCC(COCc2ccccc2)C1. The molecule has 1 saturated heterocycles. The number of carbonyl (C=O) groups is 1. The van der Waals surface area contributed by atoms with Crippen molar-refractivity contribution in [3.05, 3.63) is 66.0 Å². The summed E-state index contributed by atoms with van der Waals surface area (Å²) < 4.78 is 5.84. The third-order valence-corrected chi connectivity index (χ3v) is 4.18. The van der Waals surface area contributed by atoms with Crippen LogP contribution in [0.1, 0.15) is 28.8 Å². The summed E-state index contributed by atoms with van der Waals surface area (Å²) in [6.45, 7) is 2.92. The van der Waals surface area contributed by atoms with Gasteiger partial charge in [0.05, 0.1) is 18.8 Å². The van der Waals surface area contributed by atoms with E-state index in [9.17, 15) is 4.79 Å². The van der Waals surface area contributed by atoms with Gasteiger partial charge in [-0.3, -0.25) is 9.78 Å². The van der Waals surface area contributed by atoms with Crippen LogP contribution in [-0.2, 0) is 11.3 Å². The van der Waals surface area contributed by atoms with Gasteiger partial charge in [-0.1, -0.05) is 30.3 Å². The highest BCUT2D eigenvalue weighted by atomic mass is 16.5. The molecule has 1 unspecified atom stereocenters. The first-order chi connectivity index (χ1) is 11.3. The first-order valence-electron chi connectivity index (χ1n) is 8.14. The fraction of sp³-hybridized carbons (Fsp3) is 0.368. The summed E-state index contributed by atoms with van der Waals surface area (Å²) in [4.78, 5) is 18.4. The van der Waals surface area contributed by atoms with Gasteiger partial charge in [-0.15, -0.1) is 0 Å². The lowest BCUT2D eigenvalue weighted by molar-refractivity contribution is 0.0425. The monoisotopic (exact) mass is 310 g/mol. The van der Waals surface area contributed by atoms with E-state index in [1.165, 1.54) is 5.56 Å². The molecule has 1 amide bonds. The summed E-state index contributed by atoms with van der Waals surface area (Å²) in [7, 11) is 0. The fourth-order valence-electron chi connectivity index (χ4n) is 2.98. The zero-order valence-corrected chi connectivity index (χ0v) is 13.2. The van der Waals surface area contributed by atoms with Crippen LogP contribution < -0.4 is 0 Å². The predicted octanol–water partition coefficient (Wildman–Crippen LogP) is 3.15. The molecule has 1 aromatic heterocycles. The van der Waals surface area contributed by atoms with Crippen LogP contribution in [0.25, 0.3) is 0 Å². The number of benzene rings is 1. The van der Waals surface area contributed by atoms with E-state index in [1.807, 2.05) is 29.2 Å². The summed E-state index contributed by atoms with van der Waals surface area (Å²) in [5, 5.41) is 0. The Morgan fingerprint density at radius 3 is 2.87 bits per heavy atom. The largest absolute Gasteiger partial charge is 0.376 e. The number of rotatable bonds is 5. The van der Waals surface area contributed by atoms with Crippen LogP contribution >= 0.6 is 0 Å². The predicted molar refractivity (Wildman–Crippen MR) is 89.0 cm³/mol. The number of nitrogens with zero attached hydrogens (tertiary/aromatic N) is 2. The highest BCUT2D eigenvalue weighted by Crippen LogP contribution is 2.19. The van der Waals surface area contributed by atoms with Crippen molar-refractivity contribution in [1.29, 1.82) is 0 Å². The smallest absolute Gasteiger partial charge is 0.255 e. The standard InChI is InChI=1S/C19H22N2O2/c22-19(18-9-4-10-20-12-18)21-11-5-8-17(13-21)15-23-14-16-6-2-1-3-7-16/h1-4,6-7,9-10,12,17H,5,8,11,13-15H2. The van der Waals surface area contributed by atoms with Gasteiger partial charge in [-0.2, -0.15) is 0 Å². The first kappa shape index (κ1) is 15.7. The molecule has 1 aromatic carbocycles. The van der Waals surface area contributed by atoms with Crippen LogP contribution in [0.3, 0.4) is 0 Å². The van der Waals surface area contributed by atoms with E-state index in [1.54, 1.807) is 18.5 Å². The average molecular weight is 310 g/mol. The molecular weight excluding hydrogens is 288 g/mol. The van der Waals surface area contributed by atoms with Crippen LogP contribution in [0.4, 0.5) is 0 Å². The van der Waals surface area contributed by atoms with Crippen LogP contribution in [0.5, 0.6) is 0 Å². The highest BCUT2D eigenvalue weighted by Gasteiger charge is 2.24. The second kappa shape index (κ2) is 7.88. The quantitative estimate of drug-likeness (QED) is 0.852. The number of aromatic nitrogens is 1. The van der Waals surface area contributed by atoms with Gasteiger partial charge >= 0.3 is 0 Å². The maximum Gasteiger partial charge on any atom is 0.255 e. The maximum atomic E-state index is 12.5. The molecule has 1 atom stereocenters. The Bertz CT molecular complexity index is 616. The van der Waals surface area contributed by atoms with Crippen molar-refractivity contribution >= 4 is 5.91 Å². The normalized spacial score (nSPS) is 17.9. The van der Waals surface area contributed by atoms with Crippen molar-refractivity contribution in [3.8, 4) is 0 Å². The summed E-state index contributed by atoms with van der Waals surface area (Å²) in [5.41, 5.74) is 1.85. The zero-order chi connectivity index (χ0) is 15.9. The van der Waals surface area contributed by atoms with Gasteiger partial charge in [0.25, 0.3) is 5.91 Å². The van der Waals surface area contributed by atoms with Gasteiger partial charge in [0.15, 0.2) is 0 Å². The van der Waals surface area contributed by atoms with E-state index in [0.717, 1.165) is 25.9 Å². The molecule has 2 aromatic rings.